The zero-order chi connectivity index (χ0) is 17.1. The maximum atomic E-state index is 11.9. The molecule has 132 valence electrons. The fraction of sp³-hybridized carbons (Fsp3) is 0.778. The van der Waals surface area contributed by atoms with Gasteiger partial charge in [-0.3, -0.25) is 9.79 Å². The zero-order valence-corrected chi connectivity index (χ0v) is 15.2. The Morgan fingerprint density at radius 3 is 2.87 bits per heavy atom. The standard InChI is InChI=1S/C18H34N4O/c1-5-8-9-14-21(4)18(19-7-3)20-13-12-16(6-2)22-15-10-11-17(22)23/h5,16H,1,6-15H2,2-4H3,(H,19,20). The van der Waals surface area contributed by atoms with Crippen LogP contribution in [0.3, 0.4) is 0 Å². The van der Waals surface area contributed by atoms with E-state index in [4.69, 9.17) is 4.99 Å². The van der Waals surface area contributed by atoms with E-state index in [1.54, 1.807) is 0 Å². The van der Waals surface area contributed by atoms with Gasteiger partial charge in [-0.1, -0.05) is 13.0 Å². The van der Waals surface area contributed by atoms with Gasteiger partial charge in [0.1, 0.15) is 0 Å². The van der Waals surface area contributed by atoms with Crippen LogP contribution in [0, 0.1) is 0 Å². The van der Waals surface area contributed by atoms with Crippen molar-refractivity contribution in [2.45, 2.75) is 58.4 Å². The minimum Gasteiger partial charge on any atom is -0.357 e. The van der Waals surface area contributed by atoms with Gasteiger partial charge in [0.2, 0.25) is 5.91 Å². The number of carbonyl (C=O) groups is 1. The van der Waals surface area contributed by atoms with Gasteiger partial charge < -0.3 is 15.1 Å². The molecule has 1 saturated heterocycles. The predicted octanol–water partition coefficient (Wildman–Crippen LogP) is 2.64. The zero-order valence-electron chi connectivity index (χ0n) is 15.2. The van der Waals surface area contributed by atoms with Crippen molar-refractivity contribution in [2.24, 2.45) is 4.99 Å². The van der Waals surface area contributed by atoms with E-state index < -0.39 is 0 Å². The van der Waals surface area contributed by atoms with E-state index in [1.165, 1.54) is 0 Å². The molecule has 1 aliphatic heterocycles. The third-order valence-electron chi connectivity index (χ3n) is 4.34. The fourth-order valence-corrected chi connectivity index (χ4v) is 3.00. The van der Waals surface area contributed by atoms with Crippen molar-refractivity contribution in [2.75, 3.05) is 33.2 Å². The summed E-state index contributed by atoms with van der Waals surface area (Å²) in [6.45, 7) is 11.5. The van der Waals surface area contributed by atoms with Crippen LogP contribution < -0.4 is 5.32 Å². The Balaban J connectivity index is 2.51. The summed E-state index contributed by atoms with van der Waals surface area (Å²) in [4.78, 5) is 20.9. The molecule has 0 aliphatic carbocycles. The molecule has 1 rings (SSSR count). The molecular weight excluding hydrogens is 288 g/mol. The molecule has 0 spiro atoms. The number of unbranched alkanes of at least 4 members (excludes halogenated alkanes) is 1. The average Bonchev–Trinajstić information content (AvgIpc) is 2.96. The Bertz CT molecular complexity index is 394. The molecule has 1 heterocycles. The second-order valence-corrected chi connectivity index (χ2v) is 6.13. The first-order valence-corrected chi connectivity index (χ1v) is 9.03. The molecule has 1 aliphatic rings. The van der Waals surface area contributed by atoms with Crippen molar-refractivity contribution in [1.29, 1.82) is 0 Å². The van der Waals surface area contributed by atoms with Gasteiger partial charge in [0, 0.05) is 45.7 Å². The monoisotopic (exact) mass is 322 g/mol. The van der Waals surface area contributed by atoms with Crippen molar-refractivity contribution in [3.8, 4) is 0 Å². The first kappa shape index (κ1) is 19.5. The highest BCUT2D eigenvalue weighted by Crippen LogP contribution is 2.18. The minimum atomic E-state index is 0.314. The summed E-state index contributed by atoms with van der Waals surface area (Å²) in [5.41, 5.74) is 0. The number of amides is 1. The number of nitrogens with zero attached hydrogens (tertiary/aromatic N) is 3. The van der Waals surface area contributed by atoms with Crippen LogP contribution in [-0.4, -0.2) is 60.9 Å². The summed E-state index contributed by atoms with van der Waals surface area (Å²) in [6, 6.07) is 0.336. The molecule has 5 heteroatoms. The molecule has 5 nitrogen and oxygen atoms in total. The molecule has 0 aromatic heterocycles. The summed E-state index contributed by atoms with van der Waals surface area (Å²) in [5, 5.41) is 3.35. The molecular formula is C18H34N4O. The molecule has 0 aromatic carbocycles. The number of carbonyl (C=O) groups excluding carboxylic acids is 1. The number of allylic oxidation sites excluding steroid dienone is 1. The Hall–Kier alpha value is -1.52. The van der Waals surface area contributed by atoms with Crippen LogP contribution in [0.5, 0.6) is 0 Å². The average molecular weight is 322 g/mol. The van der Waals surface area contributed by atoms with Crippen LogP contribution in [0.25, 0.3) is 0 Å². The highest BCUT2D eigenvalue weighted by Gasteiger charge is 2.26. The molecule has 1 amide bonds. The third-order valence-corrected chi connectivity index (χ3v) is 4.34. The Morgan fingerprint density at radius 2 is 2.30 bits per heavy atom. The van der Waals surface area contributed by atoms with Gasteiger partial charge >= 0.3 is 0 Å². The van der Waals surface area contributed by atoms with Gasteiger partial charge in [0.15, 0.2) is 5.96 Å². The quantitative estimate of drug-likeness (QED) is 0.291. The van der Waals surface area contributed by atoms with Crippen LogP contribution >= 0.6 is 0 Å². The molecule has 0 saturated carbocycles. The second kappa shape index (κ2) is 11.1. The second-order valence-electron chi connectivity index (χ2n) is 6.13. The topological polar surface area (TPSA) is 47.9 Å². The number of hydrogen-bond acceptors (Lipinski definition) is 2. The molecule has 1 unspecified atom stereocenters. The lowest BCUT2D eigenvalue weighted by atomic mass is 10.1. The van der Waals surface area contributed by atoms with E-state index in [0.717, 1.165) is 64.2 Å². The van der Waals surface area contributed by atoms with Crippen molar-refractivity contribution >= 4 is 11.9 Å². The van der Waals surface area contributed by atoms with Crippen LogP contribution in [0.1, 0.15) is 52.4 Å². The van der Waals surface area contributed by atoms with Gasteiger partial charge in [0.05, 0.1) is 0 Å². The van der Waals surface area contributed by atoms with E-state index in [2.05, 4.69) is 42.6 Å². The van der Waals surface area contributed by atoms with Gasteiger partial charge in [-0.2, -0.15) is 0 Å². The lowest BCUT2D eigenvalue weighted by Gasteiger charge is -2.27. The fourth-order valence-electron chi connectivity index (χ4n) is 3.00. The van der Waals surface area contributed by atoms with E-state index in [-0.39, 0.29) is 0 Å². The van der Waals surface area contributed by atoms with Gasteiger partial charge in [-0.25, -0.2) is 0 Å². The summed E-state index contributed by atoms with van der Waals surface area (Å²) in [6.07, 6.45) is 7.74. The highest BCUT2D eigenvalue weighted by atomic mass is 16.2. The van der Waals surface area contributed by atoms with Crippen molar-refractivity contribution in [3.63, 3.8) is 0 Å². The van der Waals surface area contributed by atoms with Crippen LogP contribution in [0.15, 0.2) is 17.6 Å². The maximum absolute atomic E-state index is 11.9. The van der Waals surface area contributed by atoms with Crippen LogP contribution in [0.4, 0.5) is 0 Å². The largest absolute Gasteiger partial charge is 0.357 e. The molecule has 0 aromatic rings. The van der Waals surface area contributed by atoms with Gasteiger partial charge in [-0.15, -0.1) is 6.58 Å². The Kier molecular flexibility index (Phi) is 9.41. The minimum absolute atomic E-state index is 0.314. The SMILES string of the molecule is C=CCCCN(C)C(=NCCC(CC)N1CCCC1=O)NCC. The van der Waals surface area contributed by atoms with E-state index in [9.17, 15) is 4.79 Å². The number of guanidine groups is 1. The third kappa shape index (κ3) is 6.63. The molecule has 23 heavy (non-hydrogen) atoms. The first-order valence-electron chi connectivity index (χ1n) is 9.03. The van der Waals surface area contributed by atoms with E-state index in [1.807, 2.05) is 6.08 Å². The van der Waals surface area contributed by atoms with Crippen molar-refractivity contribution in [1.82, 2.24) is 15.1 Å². The predicted molar refractivity (Wildman–Crippen MR) is 97.7 cm³/mol. The number of aliphatic imine (C=N–C) groups is 1. The highest BCUT2D eigenvalue weighted by molar-refractivity contribution is 5.79. The van der Waals surface area contributed by atoms with Crippen LogP contribution in [-0.2, 0) is 4.79 Å². The van der Waals surface area contributed by atoms with Crippen molar-refractivity contribution in [3.05, 3.63) is 12.7 Å². The first-order chi connectivity index (χ1) is 11.1. The molecule has 0 radical (unpaired) electrons. The summed E-state index contributed by atoms with van der Waals surface area (Å²) in [7, 11) is 2.08. The number of hydrogen-bond donors (Lipinski definition) is 1. The smallest absolute Gasteiger partial charge is 0.222 e. The van der Waals surface area contributed by atoms with Gasteiger partial charge in [0.25, 0.3) is 0 Å². The Labute approximate surface area is 141 Å². The van der Waals surface area contributed by atoms with Crippen molar-refractivity contribution < 1.29 is 4.79 Å². The lowest BCUT2D eigenvalue weighted by molar-refractivity contribution is -0.129. The number of rotatable bonds is 10. The molecule has 1 fully saturated rings. The van der Waals surface area contributed by atoms with Gasteiger partial charge in [-0.05, 0) is 39.0 Å². The molecule has 1 atom stereocenters. The number of likely N-dealkylation sites (tertiary alicyclic amines) is 1. The normalized spacial score (nSPS) is 16.6. The summed E-state index contributed by atoms with van der Waals surface area (Å²) < 4.78 is 0. The number of nitrogens with one attached hydrogen (secondary N) is 1. The van der Waals surface area contributed by atoms with Crippen LogP contribution in [0.2, 0.25) is 0 Å². The van der Waals surface area contributed by atoms with E-state index in [0.29, 0.717) is 18.4 Å². The Morgan fingerprint density at radius 1 is 1.52 bits per heavy atom. The summed E-state index contributed by atoms with van der Waals surface area (Å²) >= 11 is 0. The molecule has 0 bridgehead atoms. The maximum Gasteiger partial charge on any atom is 0.222 e. The summed E-state index contributed by atoms with van der Waals surface area (Å²) in [5.74, 6) is 1.27. The van der Waals surface area contributed by atoms with E-state index >= 15 is 0 Å². The molecule has 1 N–H and O–H groups in total. The lowest BCUT2D eigenvalue weighted by Crippen LogP contribution is -2.40.